The van der Waals surface area contributed by atoms with E-state index in [1.807, 2.05) is 0 Å². The zero-order valence-corrected chi connectivity index (χ0v) is 7.82. The van der Waals surface area contributed by atoms with Crippen LogP contribution >= 0.6 is 11.6 Å². The summed E-state index contributed by atoms with van der Waals surface area (Å²) >= 11 is 5.59. The van der Waals surface area contributed by atoms with Gasteiger partial charge >= 0.3 is 0 Å². The number of tetrazole rings is 1. The van der Waals surface area contributed by atoms with E-state index in [0.29, 0.717) is 11.5 Å². The van der Waals surface area contributed by atoms with E-state index in [4.69, 9.17) is 11.6 Å². The van der Waals surface area contributed by atoms with Crippen LogP contribution in [0.3, 0.4) is 0 Å². The number of rotatable bonds is 2. The lowest BCUT2D eigenvalue weighted by atomic mass is 10.3. The number of aromatic nitrogens is 4. The summed E-state index contributed by atoms with van der Waals surface area (Å²) in [5.41, 5.74) is 0.299. The zero-order valence-electron chi connectivity index (χ0n) is 7.06. The number of hydrogen-bond acceptors (Lipinski definition) is 3. The van der Waals surface area contributed by atoms with Crippen LogP contribution in [0.1, 0.15) is 5.82 Å². The van der Waals surface area contributed by atoms with Gasteiger partial charge in [-0.25, -0.2) is 4.39 Å². The van der Waals surface area contributed by atoms with E-state index in [9.17, 15) is 4.39 Å². The van der Waals surface area contributed by atoms with Crippen LogP contribution in [0, 0.1) is 5.82 Å². The fourth-order valence-corrected chi connectivity index (χ4v) is 1.27. The van der Waals surface area contributed by atoms with Crippen molar-refractivity contribution in [2.45, 2.75) is 5.88 Å². The predicted octanol–water partition coefficient (Wildman–Crippen LogP) is 1.54. The monoisotopic (exact) mass is 212 g/mol. The third-order valence-corrected chi connectivity index (χ3v) is 1.97. The number of alkyl halides is 1. The number of hydrogen-bond donors (Lipinski definition) is 0. The van der Waals surface area contributed by atoms with Crippen molar-refractivity contribution >= 4 is 11.6 Å². The highest BCUT2D eigenvalue weighted by molar-refractivity contribution is 6.16. The highest BCUT2D eigenvalue weighted by atomic mass is 35.5. The minimum atomic E-state index is -0.383. The van der Waals surface area contributed by atoms with Crippen molar-refractivity contribution < 1.29 is 4.39 Å². The Morgan fingerprint density at radius 1 is 1.36 bits per heavy atom. The van der Waals surface area contributed by atoms with Gasteiger partial charge in [-0.3, -0.25) is 0 Å². The Hall–Kier alpha value is -1.49. The Bertz CT molecular complexity index is 442. The van der Waals surface area contributed by atoms with E-state index in [2.05, 4.69) is 15.5 Å². The largest absolute Gasteiger partial charge is 0.205 e. The molecule has 0 radical (unpaired) electrons. The van der Waals surface area contributed by atoms with Crippen molar-refractivity contribution in [3.8, 4) is 5.69 Å². The van der Waals surface area contributed by atoms with Crippen molar-refractivity contribution in [2.75, 3.05) is 0 Å². The molecule has 72 valence electrons. The van der Waals surface area contributed by atoms with Crippen LogP contribution in [-0.4, -0.2) is 20.2 Å². The zero-order chi connectivity index (χ0) is 9.97. The smallest absolute Gasteiger partial charge is 0.171 e. The fraction of sp³-hybridized carbons (Fsp3) is 0.125. The summed E-state index contributed by atoms with van der Waals surface area (Å²) in [6, 6.07) is 6.23. The van der Waals surface area contributed by atoms with E-state index >= 15 is 0 Å². The minimum Gasteiger partial charge on any atom is -0.205 e. The van der Waals surface area contributed by atoms with Gasteiger partial charge in [0.1, 0.15) is 11.5 Å². The number of halogens is 2. The first-order valence-electron chi connectivity index (χ1n) is 3.91. The van der Waals surface area contributed by atoms with Crippen LogP contribution in [-0.2, 0) is 5.88 Å². The molecule has 0 saturated heterocycles. The topological polar surface area (TPSA) is 43.6 Å². The summed E-state index contributed by atoms with van der Waals surface area (Å²) in [6.07, 6.45) is 0. The molecule has 4 nitrogen and oxygen atoms in total. The van der Waals surface area contributed by atoms with Crippen molar-refractivity contribution in [2.24, 2.45) is 0 Å². The van der Waals surface area contributed by atoms with Gasteiger partial charge in [0.15, 0.2) is 5.82 Å². The molecule has 0 fully saturated rings. The van der Waals surface area contributed by atoms with Gasteiger partial charge in [-0.05, 0) is 22.6 Å². The third kappa shape index (κ3) is 1.46. The Kier molecular flexibility index (Phi) is 2.41. The van der Waals surface area contributed by atoms with Crippen LogP contribution in [0.25, 0.3) is 5.69 Å². The number of nitrogens with zero attached hydrogens (tertiary/aromatic N) is 4. The average molecular weight is 213 g/mol. The highest BCUT2D eigenvalue weighted by Crippen LogP contribution is 2.12. The minimum absolute atomic E-state index is 0.140. The van der Waals surface area contributed by atoms with Gasteiger partial charge in [-0.15, -0.1) is 16.7 Å². The van der Waals surface area contributed by atoms with E-state index in [1.54, 1.807) is 18.2 Å². The summed E-state index contributed by atoms with van der Waals surface area (Å²) in [5.74, 6) is 0.171. The molecular weight excluding hydrogens is 207 g/mol. The quantitative estimate of drug-likeness (QED) is 0.710. The van der Waals surface area contributed by atoms with Crippen LogP contribution in [0.5, 0.6) is 0 Å². The molecule has 0 N–H and O–H groups in total. The van der Waals surface area contributed by atoms with E-state index in [0.717, 1.165) is 0 Å². The van der Waals surface area contributed by atoms with Gasteiger partial charge < -0.3 is 0 Å². The predicted molar refractivity (Wildman–Crippen MR) is 48.7 cm³/mol. The van der Waals surface area contributed by atoms with Crippen molar-refractivity contribution in [3.63, 3.8) is 0 Å². The maximum absolute atomic E-state index is 13.3. The second-order valence-corrected chi connectivity index (χ2v) is 2.86. The summed E-state index contributed by atoms with van der Waals surface area (Å²) in [4.78, 5) is 0. The van der Waals surface area contributed by atoms with Crippen LogP contribution in [0.15, 0.2) is 24.3 Å². The molecule has 6 heteroatoms. The van der Waals surface area contributed by atoms with Crippen molar-refractivity contribution in [3.05, 3.63) is 35.9 Å². The number of para-hydroxylation sites is 1. The lowest BCUT2D eigenvalue weighted by Gasteiger charge is -2.02. The first-order valence-corrected chi connectivity index (χ1v) is 4.44. The summed E-state index contributed by atoms with van der Waals surface area (Å²) in [7, 11) is 0. The molecule has 0 amide bonds. The molecule has 0 bridgehead atoms. The summed E-state index contributed by atoms with van der Waals surface area (Å²) in [5, 5.41) is 10.7. The van der Waals surface area contributed by atoms with Gasteiger partial charge in [0, 0.05) is 0 Å². The second kappa shape index (κ2) is 3.71. The fourth-order valence-electron chi connectivity index (χ4n) is 1.10. The standard InChI is InChI=1S/C8H6ClFN4/c9-5-8-11-12-13-14(8)7-4-2-1-3-6(7)10/h1-4H,5H2. The van der Waals surface area contributed by atoms with Gasteiger partial charge in [-0.1, -0.05) is 12.1 Å². The Morgan fingerprint density at radius 3 is 2.86 bits per heavy atom. The summed E-state index contributed by atoms with van der Waals surface area (Å²) < 4.78 is 14.6. The molecule has 2 aromatic rings. The van der Waals surface area contributed by atoms with Gasteiger partial charge in [0.2, 0.25) is 0 Å². The molecule has 1 aromatic carbocycles. The lowest BCUT2D eigenvalue weighted by molar-refractivity contribution is 0.604. The van der Waals surface area contributed by atoms with E-state index in [-0.39, 0.29) is 11.7 Å². The molecule has 0 spiro atoms. The molecular formula is C8H6ClFN4. The summed E-state index contributed by atoms with van der Waals surface area (Å²) in [6.45, 7) is 0. The molecule has 0 unspecified atom stereocenters. The molecule has 2 rings (SSSR count). The van der Waals surface area contributed by atoms with E-state index < -0.39 is 0 Å². The Morgan fingerprint density at radius 2 is 2.14 bits per heavy atom. The first-order chi connectivity index (χ1) is 6.83. The lowest BCUT2D eigenvalue weighted by Crippen LogP contribution is -2.03. The molecule has 0 saturated carbocycles. The van der Waals surface area contributed by atoms with Gasteiger partial charge in [0.05, 0.1) is 5.88 Å². The molecule has 14 heavy (non-hydrogen) atoms. The highest BCUT2D eigenvalue weighted by Gasteiger charge is 2.09. The maximum atomic E-state index is 13.3. The van der Waals surface area contributed by atoms with Gasteiger partial charge in [0.25, 0.3) is 0 Å². The van der Waals surface area contributed by atoms with Gasteiger partial charge in [-0.2, -0.15) is 4.68 Å². The average Bonchev–Trinajstić information content (AvgIpc) is 2.66. The van der Waals surface area contributed by atoms with Crippen molar-refractivity contribution in [1.82, 2.24) is 20.2 Å². The molecule has 0 aliphatic rings. The van der Waals surface area contributed by atoms with Crippen LogP contribution in [0.2, 0.25) is 0 Å². The Labute approximate surface area is 84.3 Å². The second-order valence-electron chi connectivity index (χ2n) is 2.59. The molecule has 0 aliphatic carbocycles. The van der Waals surface area contributed by atoms with E-state index in [1.165, 1.54) is 10.7 Å². The molecule has 1 heterocycles. The third-order valence-electron chi connectivity index (χ3n) is 1.73. The molecule has 1 aromatic heterocycles. The Balaban J connectivity index is 2.54. The number of benzene rings is 1. The normalized spacial score (nSPS) is 10.4. The van der Waals surface area contributed by atoms with Crippen LogP contribution < -0.4 is 0 Å². The maximum Gasteiger partial charge on any atom is 0.171 e. The van der Waals surface area contributed by atoms with Crippen molar-refractivity contribution in [1.29, 1.82) is 0 Å². The molecule has 0 atom stereocenters. The first kappa shape index (κ1) is 9.08. The van der Waals surface area contributed by atoms with Crippen LogP contribution in [0.4, 0.5) is 4.39 Å². The SMILES string of the molecule is Fc1ccccc1-n1nnnc1CCl. The molecule has 0 aliphatic heterocycles.